The number of nitrogens with zero attached hydrogens (tertiary/aromatic N) is 4. The second-order valence-electron chi connectivity index (χ2n) is 5.79. The smallest absolute Gasteiger partial charge is 0.297 e. The first-order valence-electron chi connectivity index (χ1n) is 7.69. The number of carbonyl (C=O) groups is 1. The molecule has 2 aliphatic heterocycles. The fraction of sp³-hybridized carbons (Fsp3) is 0.438. The van der Waals surface area contributed by atoms with Crippen molar-refractivity contribution < 1.29 is 9.21 Å². The molecule has 0 N–H and O–H groups in total. The highest BCUT2D eigenvalue weighted by Crippen LogP contribution is 2.39. The number of hydrogen-bond donors (Lipinski definition) is 0. The monoisotopic (exact) mass is 298 g/mol. The average Bonchev–Trinajstić information content (AvgIpc) is 3.12. The number of aryl methyl sites for hydroxylation is 2. The summed E-state index contributed by atoms with van der Waals surface area (Å²) in [5.74, 6) is 1.55. The number of carbonyl (C=O) groups excluding carboxylic acids is 1. The predicted octanol–water partition coefficient (Wildman–Crippen LogP) is 2.18. The summed E-state index contributed by atoms with van der Waals surface area (Å²) < 4.78 is 5.66. The Kier molecular flexibility index (Phi) is 2.92. The van der Waals surface area contributed by atoms with Crippen molar-refractivity contribution in [2.45, 2.75) is 32.7 Å². The van der Waals surface area contributed by atoms with Gasteiger partial charge >= 0.3 is 0 Å². The summed E-state index contributed by atoms with van der Waals surface area (Å²) >= 11 is 0. The molecule has 0 aliphatic carbocycles. The van der Waals surface area contributed by atoms with Crippen molar-refractivity contribution in [3.8, 4) is 0 Å². The molecule has 1 amide bonds. The molecule has 2 aliphatic rings. The quantitative estimate of drug-likeness (QED) is 0.850. The van der Waals surface area contributed by atoms with E-state index in [1.807, 2.05) is 26.0 Å². The molecule has 4 heterocycles. The third-order valence-corrected chi connectivity index (χ3v) is 4.42. The molecule has 1 unspecified atom stereocenters. The molecule has 1 saturated heterocycles. The Labute approximate surface area is 128 Å². The molecule has 1 fully saturated rings. The molecule has 0 spiro atoms. The molecule has 0 aromatic carbocycles. The van der Waals surface area contributed by atoms with Gasteiger partial charge in [0.2, 0.25) is 5.76 Å². The van der Waals surface area contributed by atoms with Gasteiger partial charge in [0.05, 0.1) is 17.4 Å². The van der Waals surface area contributed by atoms with E-state index >= 15 is 0 Å². The molecule has 6 heteroatoms. The number of oxazole rings is 1. The summed E-state index contributed by atoms with van der Waals surface area (Å²) in [5.41, 5.74) is 1.68. The van der Waals surface area contributed by atoms with Gasteiger partial charge in [-0.15, -0.1) is 0 Å². The lowest BCUT2D eigenvalue weighted by Crippen LogP contribution is -2.46. The van der Waals surface area contributed by atoms with E-state index in [1.54, 1.807) is 11.1 Å². The van der Waals surface area contributed by atoms with Crippen LogP contribution in [0.3, 0.4) is 0 Å². The van der Waals surface area contributed by atoms with E-state index in [1.165, 1.54) is 0 Å². The predicted molar refractivity (Wildman–Crippen MR) is 82.3 cm³/mol. The number of amides is 1. The minimum Gasteiger partial charge on any atom is -0.435 e. The highest BCUT2D eigenvalue weighted by molar-refractivity contribution is 6.07. The van der Waals surface area contributed by atoms with Crippen molar-refractivity contribution in [3.63, 3.8) is 0 Å². The van der Waals surface area contributed by atoms with Crippen LogP contribution >= 0.6 is 0 Å². The van der Waals surface area contributed by atoms with Gasteiger partial charge in [0.15, 0.2) is 11.7 Å². The minimum absolute atomic E-state index is 0.129. The molecule has 0 radical (unpaired) electrons. The van der Waals surface area contributed by atoms with E-state index in [4.69, 9.17) is 4.42 Å². The van der Waals surface area contributed by atoms with Crippen LogP contribution in [0.2, 0.25) is 0 Å². The summed E-state index contributed by atoms with van der Waals surface area (Å²) in [6, 6.07) is 4.09. The van der Waals surface area contributed by atoms with Crippen molar-refractivity contribution in [1.29, 1.82) is 0 Å². The Hall–Kier alpha value is -2.37. The lowest BCUT2D eigenvalue weighted by Gasteiger charge is -2.35. The normalized spacial score (nSPS) is 19.5. The van der Waals surface area contributed by atoms with Crippen LogP contribution in [0.1, 0.15) is 35.5 Å². The average molecular weight is 298 g/mol. The number of hydrogen-bond acceptors (Lipinski definition) is 5. The van der Waals surface area contributed by atoms with E-state index in [0.717, 1.165) is 31.0 Å². The first kappa shape index (κ1) is 13.3. The van der Waals surface area contributed by atoms with Crippen molar-refractivity contribution in [3.05, 3.63) is 35.7 Å². The van der Waals surface area contributed by atoms with Crippen LogP contribution in [-0.2, 0) is 6.42 Å². The second kappa shape index (κ2) is 4.83. The SMILES string of the molecule is CCc1nc(C)c(C(=O)N2c3ncccc3N3CCC2C3)o1. The first-order chi connectivity index (χ1) is 10.7. The Balaban J connectivity index is 1.78. The fourth-order valence-corrected chi connectivity index (χ4v) is 3.34. The van der Waals surface area contributed by atoms with Crippen LogP contribution in [0, 0.1) is 6.92 Å². The Bertz CT molecular complexity index is 739. The largest absolute Gasteiger partial charge is 0.435 e. The molecule has 0 saturated carbocycles. The van der Waals surface area contributed by atoms with E-state index in [-0.39, 0.29) is 11.9 Å². The van der Waals surface area contributed by atoms with Gasteiger partial charge in [-0.25, -0.2) is 9.97 Å². The number of rotatable bonds is 2. The Morgan fingerprint density at radius 1 is 1.50 bits per heavy atom. The van der Waals surface area contributed by atoms with E-state index < -0.39 is 0 Å². The zero-order valence-electron chi connectivity index (χ0n) is 12.7. The number of anilines is 2. The molecular formula is C16H18N4O2. The van der Waals surface area contributed by atoms with E-state index in [0.29, 0.717) is 23.8 Å². The number of aromatic nitrogens is 2. The van der Waals surface area contributed by atoms with Crippen LogP contribution in [0.15, 0.2) is 22.7 Å². The Morgan fingerprint density at radius 3 is 3.14 bits per heavy atom. The second-order valence-corrected chi connectivity index (χ2v) is 5.79. The third-order valence-electron chi connectivity index (χ3n) is 4.42. The van der Waals surface area contributed by atoms with Crippen LogP contribution < -0.4 is 9.80 Å². The summed E-state index contributed by atoms with van der Waals surface area (Å²) in [6.45, 7) is 5.60. The zero-order chi connectivity index (χ0) is 15.3. The zero-order valence-corrected chi connectivity index (χ0v) is 12.7. The topological polar surface area (TPSA) is 62.5 Å². The maximum atomic E-state index is 13.0. The summed E-state index contributed by atoms with van der Waals surface area (Å²) in [5, 5.41) is 0. The van der Waals surface area contributed by atoms with Gasteiger partial charge in [0.25, 0.3) is 5.91 Å². The molecule has 2 aromatic rings. The van der Waals surface area contributed by atoms with Crippen molar-refractivity contribution >= 4 is 17.4 Å². The summed E-state index contributed by atoms with van der Waals surface area (Å²) in [4.78, 5) is 25.9. The molecule has 2 bridgehead atoms. The van der Waals surface area contributed by atoms with E-state index in [9.17, 15) is 4.79 Å². The number of fused-ring (bicyclic) bond motifs is 4. The van der Waals surface area contributed by atoms with Gasteiger partial charge < -0.3 is 9.32 Å². The van der Waals surface area contributed by atoms with Gasteiger partial charge in [-0.3, -0.25) is 9.69 Å². The van der Waals surface area contributed by atoms with Crippen LogP contribution in [0.5, 0.6) is 0 Å². The molecule has 114 valence electrons. The maximum absolute atomic E-state index is 13.0. The summed E-state index contributed by atoms with van der Waals surface area (Å²) in [6.07, 6.45) is 3.37. The summed E-state index contributed by atoms with van der Waals surface area (Å²) in [7, 11) is 0. The van der Waals surface area contributed by atoms with Crippen molar-refractivity contribution in [1.82, 2.24) is 9.97 Å². The molecule has 2 aromatic heterocycles. The molecule has 6 nitrogen and oxygen atoms in total. The van der Waals surface area contributed by atoms with Crippen LogP contribution in [0.4, 0.5) is 11.5 Å². The van der Waals surface area contributed by atoms with Gasteiger partial charge in [-0.05, 0) is 25.5 Å². The van der Waals surface area contributed by atoms with Crippen molar-refractivity contribution in [2.24, 2.45) is 0 Å². The molecular weight excluding hydrogens is 280 g/mol. The maximum Gasteiger partial charge on any atom is 0.297 e. The fourth-order valence-electron chi connectivity index (χ4n) is 3.34. The van der Waals surface area contributed by atoms with Gasteiger partial charge in [-0.2, -0.15) is 0 Å². The van der Waals surface area contributed by atoms with Gasteiger partial charge in [0.1, 0.15) is 0 Å². The lowest BCUT2D eigenvalue weighted by atomic mass is 10.1. The number of pyridine rings is 1. The minimum atomic E-state index is -0.129. The van der Waals surface area contributed by atoms with E-state index in [2.05, 4.69) is 14.9 Å². The highest BCUT2D eigenvalue weighted by Gasteiger charge is 2.41. The first-order valence-corrected chi connectivity index (χ1v) is 7.69. The van der Waals surface area contributed by atoms with Gasteiger partial charge in [0, 0.05) is 25.7 Å². The van der Waals surface area contributed by atoms with Gasteiger partial charge in [-0.1, -0.05) is 6.92 Å². The molecule has 1 atom stereocenters. The standard InChI is InChI=1S/C16H18N4O2/c1-3-13-18-10(2)14(22-13)16(21)20-11-6-8-19(9-11)12-5-4-7-17-15(12)20/h4-5,7,11H,3,6,8-9H2,1-2H3. The van der Waals surface area contributed by atoms with Crippen molar-refractivity contribution in [2.75, 3.05) is 22.9 Å². The Morgan fingerprint density at radius 2 is 2.36 bits per heavy atom. The third kappa shape index (κ3) is 1.83. The lowest BCUT2D eigenvalue weighted by molar-refractivity contribution is 0.0947. The van der Waals surface area contributed by atoms with Crippen LogP contribution in [-0.4, -0.2) is 35.0 Å². The molecule has 4 rings (SSSR count). The highest BCUT2D eigenvalue weighted by atomic mass is 16.4. The molecule has 22 heavy (non-hydrogen) atoms. The van der Waals surface area contributed by atoms with Crippen LogP contribution in [0.25, 0.3) is 0 Å².